The number of nitrogens with one attached hydrogen (secondary N) is 1. The van der Waals surface area contributed by atoms with Crippen molar-refractivity contribution < 1.29 is 4.79 Å². The second kappa shape index (κ2) is 6.01. The molecule has 0 amide bonds. The summed E-state index contributed by atoms with van der Waals surface area (Å²) in [7, 11) is 2.08. The fourth-order valence-electron chi connectivity index (χ4n) is 2.64. The Balaban J connectivity index is 1.87. The first-order valence-corrected chi connectivity index (χ1v) is 6.64. The summed E-state index contributed by atoms with van der Waals surface area (Å²) in [6.45, 7) is 0.533. The first-order chi connectivity index (χ1) is 8.27. The van der Waals surface area contributed by atoms with Gasteiger partial charge in [0.2, 0.25) is 0 Å². The molecule has 1 aliphatic carbocycles. The quantitative estimate of drug-likeness (QED) is 0.642. The summed E-state index contributed by atoms with van der Waals surface area (Å²) >= 11 is 0. The maximum Gasteiger partial charge on any atom is 0.192 e. The summed E-state index contributed by atoms with van der Waals surface area (Å²) in [4.78, 5) is 17.2. The molecule has 17 heavy (non-hydrogen) atoms. The van der Waals surface area contributed by atoms with Gasteiger partial charge in [0.1, 0.15) is 0 Å². The molecule has 0 radical (unpaired) electrons. The highest BCUT2D eigenvalue weighted by molar-refractivity contribution is 5.95. The summed E-state index contributed by atoms with van der Waals surface area (Å²) in [6.07, 6.45) is 9.63. The van der Waals surface area contributed by atoms with Crippen LogP contribution in [0.25, 0.3) is 0 Å². The molecule has 1 fully saturated rings. The van der Waals surface area contributed by atoms with Crippen LogP contribution in [0, 0.1) is 0 Å². The van der Waals surface area contributed by atoms with E-state index in [0.717, 1.165) is 5.69 Å². The number of hydrogen-bond acceptors (Lipinski definition) is 2. The van der Waals surface area contributed by atoms with Crippen molar-refractivity contribution in [2.45, 2.75) is 44.6 Å². The molecular formula is C14H22N2O. The van der Waals surface area contributed by atoms with E-state index in [0.29, 0.717) is 12.6 Å². The minimum Gasteiger partial charge on any atom is -0.359 e. The average Bonchev–Trinajstić information content (AvgIpc) is 2.71. The predicted molar refractivity (Wildman–Crippen MR) is 69.2 cm³/mol. The van der Waals surface area contributed by atoms with Crippen LogP contribution in [0.5, 0.6) is 0 Å². The molecule has 0 saturated heterocycles. The summed E-state index contributed by atoms with van der Waals surface area (Å²) in [5.41, 5.74) is 0.727. The van der Waals surface area contributed by atoms with Crippen LogP contribution < -0.4 is 0 Å². The molecule has 1 aromatic rings. The zero-order valence-corrected chi connectivity index (χ0v) is 10.6. The maximum atomic E-state index is 12.0. The van der Waals surface area contributed by atoms with Crippen molar-refractivity contribution in [3.8, 4) is 0 Å². The van der Waals surface area contributed by atoms with Crippen molar-refractivity contribution in [1.29, 1.82) is 0 Å². The summed E-state index contributed by atoms with van der Waals surface area (Å²) in [6, 6.07) is 4.32. The van der Waals surface area contributed by atoms with Crippen molar-refractivity contribution in [2.75, 3.05) is 13.6 Å². The largest absolute Gasteiger partial charge is 0.359 e. The molecule has 3 nitrogen and oxygen atoms in total. The second-order valence-electron chi connectivity index (χ2n) is 5.07. The Morgan fingerprint density at radius 1 is 1.35 bits per heavy atom. The van der Waals surface area contributed by atoms with Gasteiger partial charge in [-0.15, -0.1) is 0 Å². The summed E-state index contributed by atoms with van der Waals surface area (Å²) in [5, 5.41) is 0. The highest BCUT2D eigenvalue weighted by atomic mass is 16.1. The van der Waals surface area contributed by atoms with Crippen molar-refractivity contribution in [3.05, 3.63) is 24.0 Å². The Morgan fingerprint density at radius 3 is 2.65 bits per heavy atom. The third kappa shape index (κ3) is 3.43. The summed E-state index contributed by atoms with van der Waals surface area (Å²) < 4.78 is 0. The molecule has 1 heterocycles. The number of nitrogens with zero attached hydrogens (tertiary/aromatic N) is 1. The van der Waals surface area contributed by atoms with Gasteiger partial charge in [-0.1, -0.05) is 25.7 Å². The zero-order valence-electron chi connectivity index (χ0n) is 10.6. The minimum absolute atomic E-state index is 0.196. The van der Waals surface area contributed by atoms with Crippen LogP contribution >= 0.6 is 0 Å². The number of rotatable bonds is 4. The van der Waals surface area contributed by atoms with E-state index in [1.54, 1.807) is 6.20 Å². The number of carbonyl (C=O) groups is 1. The molecule has 2 rings (SSSR count). The average molecular weight is 234 g/mol. The van der Waals surface area contributed by atoms with Crippen LogP contribution in [-0.4, -0.2) is 35.3 Å². The maximum absolute atomic E-state index is 12.0. The number of ketones is 1. The summed E-state index contributed by atoms with van der Waals surface area (Å²) in [5.74, 6) is 0.196. The zero-order chi connectivity index (χ0) is 12.1. The van der Waals surface area contributed by atoms with Gasteiger partial charge in [0.05, 0.1) is 12.2 Å². The Kier molecular flexibility index (Phi) is 4.37. The third-order valence-corrected chi connectivity index (χ3v) is 3.74. The first kappa shape index (κ1) is 12.4. The van der Waals surface area contributed by atoms with E-state index in [2.05, 4.69) is 16.9 Å². The molecule has 3 heteroatoms. The van der Waals surface area contributed by atoms with Gasteiger partial charge in [0.25, 0.3) is 0 Å². The van der Waals surface area contributed by atoms with E-state index in [4.69, 9.17) is 0 Å². The van der Waals surface area contributed by atoms with E-state index < -0.39 is 0 Å². The molecule has 0 aromatic carbocycles. The van der Waals surface area contributed by atoms with Crippen LogP contribution in [-0.2, 0) is 0 Å². The molecule has 1 saturated carbocycles. The van der Waals surface area contributed by atoms with Crippen LogP contribution in [0.3, 0.4) is 0 Å². The minimum atomic E-state index is 0.196. The molecule has 0 atom stereocenters. The lowest BCUT2D eigenvalue weighted by Crippen LogP contribution is -2.35. The van der Waals surface area contributed by atoms with E-state index in [1.807, 2.05) is 12.1 Å². The fourth-order valence-corrected chi connectivity index (χ4v) is 2.64. The van der Waals surface area contributed by atoms with Gasteiger partial charge in [0.15, 0.2) is 5.78 Å². The van der Waals surface area contributed by atoms with Crippen LogP contribution in [0.15, 0.2) is 18.3 Å². The van der Waals surface area contributed by atoms with Crippen molar-refractivity contribution in [1.82, 2.24) is 9.88 Å². The number of aromatic nitrogens is 1. The van der Waals surface area contributed by atoms with Gasteiger partial charge < -0.3 is 4.98 Å². The van der Waals surface area contributed by atoms with Gasteiger partial charge >= 0.3 is 0 Å². The van der Waals surface area contributed by atoms with Gasteiger partial charge in [-0.05, 0) is 32.0 Å². The number of carbonyl (C=O) groups excluding carboxylic acids is 1. The lowest BCUT2D eigenvalue weighted by molar-refractivity contribution is 0.0907. The fraction of sp³-hybridized carbons (Fsp3) is 0.643. The molecular weight excluding hydrogens is 212 g/mol. The topological polar surface area (TPSA) is 36.1 Å². The highest BCUT2D eigenvalue weighted by Gasteiger charge is 2.19. The number of Topliss-reactive ketones (excluding diaryl/α,β-unsaturated/α-hetero) is 1. The first-order valence-electron chi connectivity index (χ1n) is 6.64. The molecule has 1 aliphatic rings. The number of aromatic amines is 1. The molecule has 0 bridgehead atoms. The van der Waals surface area contributed by atoms with Crippen molar-refractivity contribution in [3.63, 3.8) is 0 Å². The lowest BCUT2D eigenvalue weighted by atomic mass is 10.1. The number of hydrogen-bond donors (Lipinski definition) is 1. The van der Waals surface area contributed by atoms with E-state index in [1.165, 1.54) is 38.5 Å². The molecule has 0 aliphatic heterocycles. The van der Waals surface area contributed by atoms with Crippen molar-refractivity contribution in [2.24, 2.45) is 0 Å². The SMILES string of the molecule is CN(CC(=O)c1ccc[nH]1)C1CCCCCC1. The smallest absolute Gasteiger partial charge is 0.192 e. The van der Waals surface area contributed by atoms with Crippen LogP contribution in [0.4, 0.5) is 0 Å². The predicted octanol–water partition coefficient (Wildman–Crippen LogP) is 2.85. The van der Waals surface area contributed by atoms with Gasteiger partial charge in [-0.25, -0.2) is 0 Å². The normalized spacial score (nSPS) is 18.2. The van der Waals surface area contributed by atoms with E-state index in [-0.39, 0.29) is 5.78 Å². The van der Waals surface area contributed by atoms with Gasteiger partial charge in [-0.3, -0.25) is 9.69 Å². The Labute approximate surface area is 103 Å². The van der Waals surface area contributed by atoms with Gasteiger partial charge in [0, 0.05) is 12.2 Å². The third-order valence-electron chi connectivity index (χ3n) is 3.74. The van der Waals surface area contributed by atoms with E-state index >= 15 is 0 Å². The van der Waals surface area contributed by atoms with Crippen LogP contribution in [0.1, 0.15) is 49.0 Å². The lowest BCUT2D eigenvalue weighted by Gasteiger charge is -2.26. The molecule has 0 unspecified atom stereocenters. The van der Waals surface area contributed by atoms with Crippen molar-refractivity contribution >= 4 is 5.78 Å². The Bertz CT molecular complexity index is 337. The highest BCUT2D eigenvalue weighted by Crippen LogP contribution is 2.21. The molecule has 1 aromatic heterocycles. The number of likely N-dealkylation sites (N-methyl/N-ethyl adjacent to an activating group) is 1. The Hall–Kier alpha value is -1.09. The van der Waals surface area contributed by atoms with Gasteiger partial charge in [-0.2, -0.15) is 0 Å². The standard InChI is InChI=1S/C14H22N2O/c1-16(12-7-4-2-3-5-8-12)11-14(17)13-9-6-10-15-13/h6,9-10,12,15H,2-5,7-8,11H2,1H3. The Morgan fingerprint density at radius 2 is 2.06 bits per heavy atom. The monoisotopic (exact) mass is 234 g/mol. The molecule has 0 spiro atoms. The van der Waals surface area contributed by atoms with E-state index in [9.17, 15) is 4.79 Å². The van der Waals surface area contributed by atoms with Crippen LogP contribution in [0.2, 0.25) is 0 Å². The molecule has 1 N–H and O–H groups in total. The number of H-pyrrole nitrogens is 1. The molecule has 94 valence electrons. The second-order valence-corrected chi connectivity index (χ2v) is 5.07.